The quantitative estimate of drug-likeness (QED) is 0.777. The second kappa shape index (κ2) is 4.67. The average Bonchev–Trinajstić information content (AvgIpc) is 2.78. The summed E-state index contributed by atoms with van der Waals surface area (Å²) in [5.41, 5.74) is 1.38. The van der Waals surface area contributed by atoms with Crippen LogP contribution in [0.5, 0.6) is 0 Å². The Morgan fingerprint density at radius 3 is 2.69 bits per heavy atom. The summed E-state index contributed by atoms with van der Waals surface area (Å²) < 4.78 is 4.93. The molecule has 2 rings (SSSR count). The number of benzene rings is 1. The minimum absolute atomic E-state index is 0.0221. The lowest BCUT2D eigenvalue weighted by atomic mass is 10.1. The van der Waals surface area contributed by atoms with Crippen molar-refractivity contribution in [2.24, 2.45) is 0 Å². The number of aromatic nitrogens is 2. The number of hydrogen-bond donors (Lipinski definition) is 1. The molecule has 16 heavy (non-hydrogen) atoms. The van der Waals surface area contributed by atoms with Crippen LogP contribution in [0, 0.1) is 0 Å². The number of rotatable bonds is 4. The molecular weight excluding hydrogens is 208 g/mol. The van der Waals surface area contributed by atoms with Crippen LogP contribution in [-0.4, -0.2) is 28.1 Å². The standard InChI is InChI=1S/C11H10N2O3/c14-6-5-10-12-11(13-16-10)9-3-1-8(7-15)2-4-9/h1-4,7,14H,5-6H2. The minimum atomic E-state index is -0.0221. The molecule has 0 unspecified atom stereocenters. The molecule has 0 amide bonds. The summed E-state index contributed by atoms with van der Waals surface area (Å²) in [6, 6.07) is 6.86. The summed E-state index contributed by atoms with van der Waals surface area (Å²) in [5.74, 6) is 0.859. The van der Waals surface area contributed by atoms with Gasteiger partial charge >= 0.3 is 0 Å². The van der Waals surface area contributed by atoms with Crippen LogP contribution < -0.4 is 0 Å². The molecule has 1 heterocycles. The first-order valence-electron chi connectivity index (χ1n) is 4.82. The molecule has 0 radical (unpaired) electrons. The van der Waals surface area contributed by atoms with Crippen LogP contribution in [0.3, 0.4) is 0 Å². The second-order valence-electron chi connectivity index (χ2n) is 3.23. The Bertz CT molecular complexity index is 476. The SMILES string of the molecule is O=Cc1ccc(-c2noc(CCO)n2)cc1. The lowest BCUT2D eigenvalue weighted by Crippen LogP contribution is -1.90. The maximum atomic E-state index is 10.5. The van der Waals surface area contributed by atoms with E-state index in [9.17, 15) is 4.79 Å². The van der Waals surface area contributed by atoms with Gasteiger partial charge in [0, 0.05) is 11.1 Å². The van der Waals surface area contributed by atoms with Crippen molar-refractivity contribution in [3.05, 3.63) is 35.7 Å². The lowest BCUT2D eigenvalue weighted by Gasteiger charge is -1.93. The Hall–Kier alpha value is -2.01. The van der Waals surface area contributed by atoms with Gasteiger partial charge in [-0.05, 0) is 0 Å². The van der Waals surface area contributed by atoms with Gasteiger partial charge in [0.25, 0.3) is 0 Å². The van der Waals surface area contributed by atoms with Crippen LogP contribution >= 0.6 is 0 Å². The fourth-order valence-electron chi connectivity index (χ4n) is 1.28. The molecule has 0 fully saturated rings. The van der Waals surface area contributed by atoms with Gasteiger partial charge in [-0.3, -0.25) is 4.79 Å². The van der Waals surface area contributed by atoms with Gasteiger partial charge in [0.15, 0.2) is 0 Å². The van der Waals surface area contributed by atoms with E-state index in [1.54, 1.807) is 24.3 Å². The molecule has 0 saturated heterocycles. The van der Waals surface area contributed by atoms with Gasteiger partial charge in [0.1, 0.15) is 6.29 Å². The van der Waals surface area contributed by atoms with Crippen LogP contribution in [0.1, 0.15) is 16.2 Å². The average molecular weight is 218 g/mol. The maximum Gasteiger partial charge on any atom is 0.229 e. The summed E-state index contributed by atoms with van der Waals surface area (Å²) in [6.45, 7) is -0.0221. The molecule has 1 aromatic heterocycles. The van der Waals surface area contributed by atoms with E-state index < -0.39 is 0 Å². The first-order chi connectivity index (χ1) is 7.83. The third kappa shape index (κ3) is 2.14. The van der Waals surface area contributed by atoms with Gasteiger partial charge in [-0.25, -0.2) is 0 Å². The van der Waals surface area contributed by atoms with E-state index in [0.717, 1.165) is 11.8 Å². The van der Waals surface area contributed by atoms with Gasteiger partial charge in [-0.2, -0.15) is 4.98 Å². The molecule has 0 atom stereocenters. The fourth-order valence-corrected chi connectivity index (χ4v) is 1.28. The zero-order valence-corrected chi connectivity index (χ0v) is 8.46. The number of aldehydes is 1. The number of hydrogen-bond acceptors (Lipinski definition) is 5. The molecule has 5 nitrogen and oxygen atoms in total. The lowest BCUT2D eigenvalue weighted by molar-refractivity contribution is 0.112. The van der Waals surface area contributed by atoms with Crippen LogP contribution in [0.15, 0.2) is 28.8 Å². The van der Waals surface area contributed by atoms with Gasteiger partial charge in [0.05, 0.1) is 13.0 Å². The number of carbonyl (C=O) groups is 1. The highest BCUT2D eigenvalue weighted by Crippen LogP contribution is 2.16. The largest absolute Gasteiger partial charge is 0.396 e. The van der Waals surface area contributed by atoms with Crippen molar-refractivity contribution >= 4 is 6.29 Å². The molecular formula is C11H10N2O3. The third-order valence-corrected chi connectivity index (χ3v) is 2.10. The highest BCUT2D eigenvalue weighted by molar-refractivity contribution is 5.76. The van der Waals surface area contributed by atoms with Gasteiger partial charge < -0.3 is 9.63 Å². The van der Waals surface area contributed by atoms with Gasteiger partial charge in [0.2, 0.25) is 11.7 Å². The van der Waals surface area contributed by atoms with Crippen LogP contribution in [0.2, 0.25) is 0 Å². The Morgan fingerprint density at radius 2 is 2.06 bits per heavy atom. The van der Waals surface area contributed by atoms with E-state index in [0.29, 0.717) is 23.7 Å². The Kier molecular flexibility index (Phi) is 3.07. The number of nitrogens with zero attached hydrogens (tertiary/aromatic N) is 2. The third-order valence-electron chi connectivity index (χ3n) is 2.10. The van der Waals surface area contributed by atoms with Gasteiger partial charge in [-0.1, -0.05) is 29.4 Å². The van der Waals surface area contributed by atoms with Crippen LogP contribution in [0.25, 0.3) is 11.4 Å². The monoisotopic (exact) mass is 218 g/mol. The van der Waals surface area contributed by atoms with Crippen LogP contribution in [0.4, 0.5) is 0 Å². The van der Waals surface area contributed by atoms with E-state index in [2.05, 4.69) is 10.1 Å². The summed E-state index contributed by atoms with van der Waals surface area (Å²) in [4.78, 5) is 14.6. The Morgan fingerprint density at radius 1 is 1.31 bits per heavy atom. The van der Waals surface area contributed by atoms with Crippen molar-refractivity contribution in [1.82, 2.24) is 10.1 Å². The van der Waals surface area contributed by atoms with Crippen molar-refractivity contribution in [3.8, 4) is 11.4 Å². The molecule has 2 aromatic rings. The molecule has 0 aliphatic rings. The molecule has 0 bridgehead atoms. The van der Waals surface area contributed by atoms with Crippen LogP contribution in [-0.2, 0) is 6.42 Å². The maximum absolute atomic E-state index is 10.5. The predicted molar refractivity (Wildman–Crippen MR) is 55.9 cm³/mol. The Balaban J connectivity index is 2.24. The van der Waals surface area contributed by atoms with E-state index in [-0.39, 0.29) is 6.61 Å². The van der Waals surface area contributed by atoms with Crippen molar-refractivity contribution in [3.63, 3.8) is 0 Å². The van der Waals surface area contributed by atoms with Crippen molar-refractivity contribution in [2.45, 2.75) is 6.42 Å². The smallest absolute Gasteiger partial charge is 0.229 e. The first-order valence-corrected chi connectivity index (χ1v) is 4.82. The topological polar surface area (TPSA) is 76.2 Å². The number of aliphatic hydroxyl groups is 1. The zero-order chi connectivity index (χ0) is 11.4. The summed E-state index contributed by atoms with van der Waals surface area (Å²) in [5, 5.41) is 12.5. The fraction of sp³-hybridized carbons (Fsp3) is 0.182. The first kappa shape index (κ1) is 10.5. The highest BCUT2D eigenvalue weighted by Gasteiger charge is 2.07. The van der Waals surface area contributed by atoms with Crippen molar-refractivity contribution < 1.29 is 14.4 Å². The number of carbonyl (C=O) groups excluding carboxylic acids is 1. The van der Waals surface area contributed by atoms with E-state index in [4.69, 9.17) is 9.63 Å². The second-order valence-corrected chi connectivity index (χ2v) is 3.23. The molecule has 1 N–H and O–H groups in total. The normalized spacial score (nSPS) is 10.3. The molecule has 5 heteroatoms. The van der Waals surface area contributed by atoms with Crippen molar-refractivity contribution in [1.29, 1.82) is 0 Å². The highest BCUT2D eigenvalue weighted by atomic mass is 16.5. The summed E-state index contributed by atoms with van der Waals surface area (Å²) in [7, 11) is 0. The van der Waals surface area contributed by atoms with Crippen molar-refractivity contribution in [2.75, 3.05) is 6.61 Å². The van der Waals surface area contributed by atoms with Gasteiger partial charge in [-0.15, -0.1) is 0 Å². The molecule has 0 saturated carbocycles. The summed E-state index contributed by atoms with van der Waals surface area (Å²) >= 11 is 0. The zero-order valence-electron chi connectivity index (χ0n) is 8.46. The van der Waals surface area contributed by atoms with E-state index in [1.165, 1.54) is 0 Å². The Labute approximate surface area is 91.7 Å². The summed E-state index contributed by atoms with van der Waals surface area (Å²) in [6.07, 6.45) is 1.12. The molecule has 0 spiro atoms. The molecule has 1 aromatic carbocycles. The minimum Gasteiger partial charge on any atom is -0.396 e. The predicted octanol–water partition coefficient (Wildman–Crippen LogP) is 1.08. The molecule has 0 aliphatic carbocycles. The van der Waals surface area contributed by atoms with E-state index in [1.807, 2.05) is 0 Å². The molecule has 82 valence electrons. The number of aliphatic hydroxyl groups excluding tert-OH is 1. The molecule has 0 aliphatic heterocycles. The van der Waals surface area contributed by atoms with E-state index >= 15 is 0 Å².